The molecule has 0 spiro atoms. The minimum atomic E-state index is -0.0600. The number of carbonyl (C=O) groups is 1. The molecule has 1 rings (SSSR count). The lowest BCUT2D eigenvalue weighted by Crippen LogP contribution is -2.00. The highest BCUT2D eigenvalue weighted by atomic mass is 35.5. The van der Waals surface area contributed by atoms with Crippen molar-refractivity contribution in [2.24, 2.45) is 0 Å². The van der Waals surface area contributed by atoms with E-state index < -0.39 is 0 Å². The average Bonchev–Trinajstić information content (AvgIpc) is 2.27. The van der Waals surface area contributed by atoms with Gasteiger partial charge in [0.2, 0.25) is 0 Å². The van der Waals surface area contributed by atoms with Gasteiger partial charge in [0.05, 0.1) is 0 Å². The SMILES string of the molecule is CCc1ccc(CCl)c(C(C)C=O)c1. The molecular formula is C12H15ClO. The molecule has 0 aliphatic rings. The fourth-order valence-corrected chi connectivity index (χ4v) is 1.73. The van der Waals surface area contributed by atoms with Crippen molar-refractivity contribution in [1.29, 1.82) is 0 Å². The van der Waals surface area contributed by atoms with E-state index in [1.54, 1.807) is 0 Å². The largest absolute Gasteiger partial charge is 0.303 e. The summed E-state index contributed by atoms with van der Waals surface area (Å²) < 4.78 is 0. The van der Waals surface area contributed by atoms with Gasteiger partial charge < -0.3 is 4.79 Å². The number of benzene rings is 1. The van der Waals surface area contributed by atoms with Gasteiger partial charge in [-0.05, 0) is 23.1 Å². The zero-order chi connectivity index (χ0) is 10.6. The van der Waals surface area contributed by atoms with Gasteiger partial charge >= 0.3 is 0 Å². The predicted octanol–water partition coefficient (Wildman–Crippen LogP) is 3.29. The monoisotopic (exact) mass is 210 g/mol. The molecule has 1 atom stereocenters. The molecule has 2 heteroatoms. The lowest BCUT2D eigenvalue weighted by Gasteiger charge is -2.11. The van der Waals surface area contributed by atoms with Crippen LogP contribution in [0.1, 0.15) is 36.5 Å². The zero-order valence-electron chi connectivity index (χ0n) is 8.59. The van der Waals surface area contributed by atoms with E-state index in [1.165, 1.54) is 5.56 Å². The molecule has 0 saturated heterocycles. The van der Waals surface area contributed by atoms with E-state index in [0.717, 1.165) is 23.8 Å². The van der Waals surface area contributed by atoms with Crippen LogP contribution < -0.4 is 0 Å². The summed E-state index contributed by atoms with van der Waals surface area (Å²) in [4.78, 5) is 10.7. The molecular weight excluding hydrogens is 196 g/mol. The van der Waals surface area contributed by atoms with Crippen molar-refractivity contribution in [1.82, 2.24) is 0 Å². The third kappa shape index (κ3) is 2.36. The normalized spacial score (nSPS) is 12.5. The maximum absolute atomic E-state index is 10.7. The van der Waals surface area contributed by atoms with Gasteiger partial charge in [-0.25, -0.2) is 0 Å². The Balaban J connectivity index is 3.14. The summed E-state index contributed by atoms with van der Waals surface area (Å²) in [5, 5.41) is 0. The fraction of sp³-hybridized carbons (Fsp3) is 0.417. The van der Waals surface area contributed by atoms with E-state index in [2.05, 4.69) is 19.1 Å². The number of carbonyl (C=O) groups excluding carboxylic acids is 1. The summed E-state index contributed by atoms with van der Waals surface area (Å²) in [6.45, 7) is 4.00. The molecule has 0 bridgehead atoms. The van der Waals surface area contributed by atoms with Gasteiger partial charge in [-0.15, -0.1) is 11.6 Å². The van der Waals surface area contributed by atoms with Crippen molar-refractivity contribution in [3.8, 4) is 0 Å². The van der Waals surface area contributed by atoms with Crippen LogP contribution in [0.25, 0.3) is 0 Å². The van der Waals surface area contributed by atoms with Gasteiger partial charge in [-0.3, -0.25) is 0 Å². The summed E-state index contributed by atoms with van der Waals surface area (Å²) in [7, 11) is 0. The fourth-order valence-electron chi connectivity index (χ4n) is 1.48. The topological polar surface area (TPSA) is 17.1 Å². The molecule has 0 N–H and O–H groups in total. The maximum atomic E-state index is 10.7. The second-order valence-electron chi connectivity index (χ2n) is 3.45. The maximum Gasteiger partial charge on any atom is 0.127 e. The van der Waals surface area contributed by atoms with Crippen molar-refractivity contribution >= 4 is 17.9 Å². The molecule has 0 radical (unpaired) electrons. The van der Waals surface area contributed by atoms with E-state index >= 15 is 0 Å². The highest BCUT2D eigenvalue weighted by Crippen LogP contribution is 2.21. The molecule has 14 heavy (non-hydrogen) atoms. The van der Waals surface area contributed by atoms with Crippen molar-refractivity contribution in [2.75, 3.05) is 0 Å². The summed E-state index contributed by atoms with van der Waals surface area (Å²) in [5.74, 6) is 0.410. The minimum Gasteiger partial charge on any atom is -0.303 e. The van der Waals surface area contributed by atoms with Crippen molar-refractivity contribution in [3.05, 3.63) is 34.9 Å². The Morgan fingerprint density at radius 1 is 1.50 bits per heavy atom. The quantitative estimate of drug-likeness (QED) is 0.551. The van der Waals surface area contributed by atoms with Gasteiger partial charge in [0.25, 0.3) is 0 Å². The van der Waals surface area contributed by atoms with Crippen LogP contribution in [0.15, 0.2) is 18.2 Å². The Kier molecular flexibility index (Phi) is 4.15. The van der Waals surface area contributed by atoms with Gasteiger partial charge in [0.15, 0.2) is 0 Å². The van der Waals surface area contributed by atoms with E-state index in [-0.39, 0.29) is 5.92 Å². The average molecular weight is 211 g/mol. The van der Waals surface area contributed by atoms with Gasteiger partial charge in [-0.2, -0.15) is 0 Å². The Bertz CT molecular complexity index is 320. The van der Waals surface area contributed by atoms with Crippen LogP contribution in [0.5, 0.6) is 0 Å². The first-order chi connectivity index (χ1) is 6.72. The van der Waals surface area contributed by atoms with E-state index in [0.29, 0.717) is 5.88 Å². The second kappa shape index (κ2) is 5.16. The van der Waals surface area contributed by atoms with E-state index in [1.807, 2.05) is 13.0 Å². The van der Waals surface area contributed by atoms with E-state index in [4.69, 9.17) is 11.6 Å². The third-order valence-corrected chi connectivity index (χ3v) is 2.75. The number of hydrogen-bond donors (Lipinski definition) is 0. The molecule has 0 aromatic heterocycles. The lowest BCUT2D eigenvalue weighted by molar-refractivity contribution is -0.108. The summed E-state index contributed by atoms with van der Waals surface area (Å²) in [5.41, 5.74) is 3.38. The molecule has 0 aliphatic heterocycles. The van der Waals surface area contributed by atoms with Crippen LogP contribution in [0.4, 0.5) is 0 Å². The Morgan fingerprint density at radius 2 is 2.21 bits per heavy atom. The van der Waals surface area contributed by atoms with Gasteiger partial charge in [0.1, 0.15) is 6.29 Å². The molecule has 1 aromatic rings. The highest BCUT2D eigenvalue weighted by Gasteiger charge is 2.09. The highest BCUT2D eigenvalue weighted by molar-refractivity contribution is 6.17. The molecule has 1 unspecified atom stereocenters. The predicted molar refractivity (Wildman–Crippen MR) is 59.9 cm³/mol. The van der Waals surface area contributed by atoms with Crippen molar-refractivity contribution in [3.63, 3.8) is 0 Å². The lowest BCUT2D eigenvalue weighted by atomic mass is 9.95. The molecule has 0 heterocycles. The van der Waals surface area contributed by atoms with Gasteiger partial charge in [-0.1, -0.05) is 32.0 Å². The van der Waals surface area contributed by atoms with E-state index in [9.17, 15) is 4.79 Å². The third-order valence-electron chi connectivity index (χ3n) is 2.46. The van der Waals surface area contributed by atoms with Crippen LogP contribution >= 0.6 is 11.6 Å². The number of alkyl halides is 1. The van der Waals surface area contributed by atoms with Crippen molar-refractivity contribution < 1.29 is 4.79 Å². The molecule has 0 saturated carbocycles. The van der Waals surface area contributed by atoms with Crippen LogP contribution in [-0.4, -0.2) is 6.29 Å². The summed E-state index contributed by atoms with van der Waals surface area (Å²) in [6, 6.07) is 6.16. The number of aldehydes is 1. The Labute approximate surface area is 90.1 Å². The minimum absolute atomic E-state index is 0.0600. The van der Waals surface area contributed by atoms with Crippen LogP contribution in [0.2, 0.25) is 0 Å². The Morgan fingerprint density at radius 3 is 2.71 bits per heavy atom. The molecule has 0 aliphatic carbocycles. The molecule has 0 fully saturated rings. The molecule has 1 nitrogen and oxygen atoms in total. The number of halogens is 1. The zero-order valence-corrected chi connectivity index (χ0v) is 9.34. The van der Waals surface area contributed by atoms with Crippen LogP contribution in [0.3, 0.4) is 0 Å². The first-order valence-electron chi connectivity index (χ1n) is 4.85. The van der Waals surface area contributed by atoms with Crippen LogP contribution in [0, 0.1) is 0 Å². The summed E-state index contributed by atoms with van der Waals surface area (Å²) >= 11 is 5.81. The number of aryl methyl sites for hydroxylation is 1. The molecule has 1 aromatic carbocycles. The van der Waals surface area contributed by atoms with Crippen molar-refractivity contribution in [2.45, 2.75) is 32.1 Å². The second-order valence-corrected chi connectivity index (χ2v) is 3.71. The molecule has 76 valence electrons. The smallest absolute Gasteiger partial charge is 0.127 e. The summed E-state index contributed by atoms with van der Waals surface area (Å²) in [6.07, 6.45) is 1.95. The first-order valence-corrected chi connectivity index (χ1v) is 5.39. The standard InChI is InChI=1S/C12H15ClO/c1-3-10-4-5-11(7-13)12(6-10)9(2)8-14/h4-6,8-9H,3,7H2,1-2H3. The number of rotatable bonds is 4. The Hall–Kier alpha value is -0.820. The van der Waals surface area contributed by atoms with Gasteiger partial charge in [0, 0.05) is 11.8 Å². The van der Waals surface area contributed by atoms with Crippen LogP contribution in [-0.2, 0) is 17.1 Å². The molecule has 0 amide bonds. The number of hydrogen-bond acceptors (Lipinski definition) is 1. The first kappa shape index (κ1) is 11.3.